The molecule has 8 aromatic rings. The maximum absolute atomic E-state index is 5.63. The van der Waals surface area contributed by atoms with Gasteiger partial charge in [-0.2, -0.15) is 0 Å². The summed E-state index contributed by atoms with van der Waals surface area (Å²) in [5.74, 6) is 0.868. The minimum Gasteiger partial charge on any atom is -0.292 e. The van der Waals surface area contributed by atoms with Gasteiger partial charge in [-0.1, -0.05) is 123 Å². The summed E-state index contributed by atoms with van der Waals surface area (Å²) >= 11 is 0. The summed E-state index contributed by atoms with van der Waals surface area (Å²) in [5, 5.41) is 7.25. The van der Waals surface area contributed by atoms with E-state index < -0.39 is 0 Å². The molecule has 1 aliphatic rings. The van der Waals surface area contributed by atoms with E-state index in [1.807, 2.05) is 0 Å². The third-order valence-corrected chi connectivity index (χ3v) is 9.12. The summed E-state index contributed by atoms with van der Waals surface area (Å²) in [7, 11) is 0. The molecule has 0 bridgehead atoms. The fraction of sp³-hybridized carbons (Fsp3) is 0.0769. The molecule has 0 aliphatic heterocycles. The van der Waals surface area contributed by atoms with Crippen molar-refractivity contribution in [3.63, 3.8) is 0 Å². The van der Waals surface area contributed by atoms with Gasteiger partial charge in [0.15, 0.2) is 5.82 Å². The van der Waals surface area contributed by atoms with Crippen LogP contribution in [0.4, 0.5) is 0 Å². The van der Waals surface area contributed by atoms with Gasteiger partial charge >= 0.3 is 0 Å². The number of rotatable bonds is 2. The zero-order valence-corrected chi connectivity index (χ0v) is 23.5. The summed E-state index contributed by atoms with van der Waals surface area (Å²) in [5.41, 5.74) is 8.44. The Morgan fingerprint density at radius 2 is 1.14 bits per heavy atom. The molecule has 9 rings (SSSR count). The van der Waals surface area contributed by atoms with Crippen molar-refractivity contribution in [1.82, 2.24) is 14.5 Å². The fourth-order valence-corrected chi connectivity index (χ4v) is 7.06. The van der Waals surface area contributed by atoms with E-state index in [0.29, 0.717) is 0 Å². The van der Waals surface area contributed by atoms with Crippen molar-refractivity contribution in [3.05, 3.63) is 139 Å². The van der Waals surface area contributed by atoms with E-state index in [1.54, 1.807) is 0 Å². The number of hydrogen-bond donors (Lipinski definition) is 0. The lowest BCUT2D eigenvalue weighted by Crippen LogP contribution is -2.18. The van der Waals surface area contributed by atoms with Gasteiger partial charge in [-0.3, -0.25) is 4.57 Å². The average Bonchev–Trinajstić information content (AvgIpc) is 3.47. The molecular weight excluding hydrogens is 510 g/mol. The van der Waals surface area contributed by atoms with Crippen LogP contribution in [0, 0.1) is 0 Å². The van der Waals surface area contributed by atoms with Crippen molar-refractivity contribution >= 4 is 43.4 Å². The van der Waals surface area contributed by atoms with Crippen molar-refractivity contribution in [1.29, 1.82) is 0 Å². The third kappa shape index (κ3) is 3.11. The Morgan fingerprint density at radius 1 is 0.500 bits per heavy atom. The Labute approximate surface area is 243 Å². The van der Waals surface area contributed by atoms with Gasteiger partial charge in [0.25, 0.3) is 0 Å². The monoisotopic (exact) mass is 537 g/mol. The first-order valence-electron chi connectivity index (χ1n) is 14.5. The molecule has 0 atom stereocenters. The van der Waals surface area contributed by atoms with Gasteiger partial charge in [-0.05, 0) is 45.3 Å². The van der Waals surface area contributed by atoms with E-state index in [2.05, 4.69) is 146 Å². The summed E-state index contributed by atoms with van der Waals surface area (Å²) in [4.78, 5) is 11.2. The topological polar surface area (TPSA) is 30.7 Å². The molecule has 6 aromatic carbocycles. The summed E-state index contributed by atoms with van der Waals surface area (Å²) in [6.07, 6.45) is 0. The van der Waals surface area contributed by atoms with Crippen LogP contribution in [0.25, 0.3) is 71.7 Å². The van der Waals surface area contributed by atoms with Crippen molar-refractivity contribution in [3.8, 4) is 28.3 Å². The highest BCUT2D eigenvalue weighted by molar-refractivity contribution is 6.14. The summed E-state index contributed by atoms with van der Waals surface area (Å²) < 4.78 is 2.35. The molecule has 2 aromatic heterocycles. The molecule has 3 nitrogen and oxygen atoms in total. The minimum atomic E-state index is -0.267. The largest absolute Gasteiger partial charge is 0.292 e. The van der Waals surface area contributed by atoms with E-state index in [4.69, 9.17) is 9.97 Å². The molecule has 1 aliphatic carbocycles. The second kappa shape index (κ2) is 8.37. The number of para-hydroxylation sites is 1. The molecule has 0 fully saturated rings. The lowest BCUT2D eigenvalue weighted by molar-refractivity contribution is 0.633. The van der Waals surface area contributed by atoms with Gasteiger partial charge < -0.3 is 0 Å². The second-order valence-electron chi connectivity index (χ2n) is 11.9. The first-order chi connectivity index (χ1) is 20.6. The molecule has 0 saturated heterocycles. The molecule has 3 heteroatoms. The molecule has 0 N–H and O–H groups in total. The normalized spacial score (nSPS) is 13.7. The highest BCUT2D eigenvalue weighted by Gasteiger charge is 2.39. The van der Waals surface area contributed by atoms with Crippen LogP contribution in [0.15, 0.2) is 127 Å². The Hall–Kier alpha value is -5.28. The van der Waals surface area contributed by atoms with E-state index >= 15 is 0 Å². The van der Waals surface area contributed by atoms with E-state index in [0.717, 1.165) is 39.5 Å². The molecule has 0 amide bonds. The quantitative estimate of drug-likeness (QED) is 0.220. The fourth-order valence-electron chi connectivity index (χ4n) is 7.06. The molecule has 0 unspecified atom stereocenters. The van der Waals surface area contributed by atoms with Gasteiger partial charge in [0.2, 0.25) is 0 Å². The Balaban J connectivity index is 1.47. The highest BCUT2D eigenvalue weighted by Crippen LogP contribution is 2.49. The van der Waals surface area contributed by atoms with Gasteiger partial charge in [-0.25, -0.2) is 9.97 Å². The smallest absolute Gasteiger partial charge is 0.164 e. The standard InChI is InChI=1S/C39H27N3/c1-39(2)32-20-9-7-18-30(32)35-37(39)41-38(36(40-35)29-19-11-15-24-12-5-6-16-27(24)29)42-33-21-10-8-17-28(33)31-22-25-13-3-4-14-26(25)23-34(31)42/h3-23H,1-2H3. The summed E-state index contributed by atoms with van der Waals surface area (Å²) in [6.45, 7) is 4.54. The maximum Gasteiger partial charge on any atom is 0.164 e. The molecule has 0 radical (unpaired) electrons. The van der Waals surface area contributed by atoms with Crippen molar-refractivity contribution < 1.29 is 0 Å². The molecule has 2 heterocycles. The molecular formula is C39H27N3. The Kier molecular flexibility index (Phi) is 4.67. The Bertz CT molecular complexity index is 2390. The Morgan fingerprint density at radius 3 is 2.00 bits per heavy atom. The molecule has 198 valence electrons. The van der Waals surface area contributed by atoms with Crippen molar-refractivity contribution in [2.75, 3.05) is 0 Å². The van der Waals surface area contributed by atoms with Crippen LogP contribution < -0.4 is 0 Å². The van der Waals surface area contributed by atoms with Gasteiger partial charge in [0.05, 0.1) is 22.4 Å². The van der Waals surface area contributed by atoms with Crippen LogP contribution in [0.2, 0.25) is 0 Å². The van der Waals surface area contributed by atoms with Gasteiger partial charge in [-0.15, -0.1) is 0 Å². The maximum atomic E-state index is 5.63. The van der Waals surface area contributed by atoms with Crippen LogP contribution >= 0.6 is 0 Å². The van der Waals surface area contributed by atoms with Crippen LogP contribution in [0.3, 0.4) is 0 Å². The van der Waals surface area contributed by atoms with Crippen molar-refractivity contribution in [2.45, 2.75) is 19.3 Å². The first kappa shape index (κ1) is 23.4. The van der Waals surface area contributed by atoms with Crippen LogP contribution in [-0.4, -0.2) is 14.5 Å². The predicted molar refractivity (Wildman–Crippen MR) is 174 cm³/mol. The molecule has 0 saturated carbocycles. The highest BCUT2D eigenvalue weighted by atomic mass is 15.1. The number of benzene rings is 6. The number of aromatic nitrogens is 3. The average molecular weight is 538 g/mol. The number of nitrogens with zero attached hydrogens (tertiary/aromatic N) is 3. The van der Waals surface area contributed by atoms with Gasteiger partial charge in [0, 0.05) is 27.3 Å². The van der Waals surface area contributed by atoms with Crippen LogP contribution in [0.5, 0.6) is 0 Å². The molecule has 42 heavy (non-hydrogen) atoms. The molecule has 0 spiro atoms. The van der Waals surface area contributed by atoms with Crippen molar-refractivity contribution in [2.24, 2.45) is 0 Å². The SMILES string of the molecule is CC1(C)c2ccccc2-c2nc(-c3cccc4ccccc34)c(-n3c4ccccc4c4cc5ccccc5cc43)nc21. The minimum absolute atomic E-state index is 0.267. The third-order valence-electron chi connectivity index (χ3n) is 9.12. The first-order valence-corrected chi connectivity index (χ1v) is 14.5. The summed E-state index contributed by atoms with van der Waals surface area (Å²) in [6, 6.07) is 45.6. The van der Waals surface area contributed by atoms with Gasteiger partial charge in [0.1, 0.15) is 5.69 Å². The lowest BCUT2D eigenvalue weighted by atomic mass is 9.85. The zero-order chi connectivity index (χ0) is 28.0. The predicted octanol–water partition coefficient (Wildman–Crippen LogP) is 9.85. The number of hydrogen-bond acceptors (Lipinski definition) is 2. The van der Waals surface area contributed by atoms with Crippen LogP contribution in [0.1, 0.15) is 25.1 Å². The van der Waals surface area contributed by atoms with E-state index in [1.165, 1.54) is 43.4 Å². The number of fused-ring (bicyclic) bond motifs is 8. The van der Waals surface area contributed by atoms with Crippen LogP contribution in [-0.2, 0) is 5.41 Å². The lowest BCUT2D eigenvalue weighted by Gasteiger charge is -2.22. The van der Waals surface area contributed by atoms with E-state index in [-0.39, 0.29) is 5.41 Å². The second-order valence-corrected chi connectivity index (χ2v) is 11.9. The van der Waals surface area contributed by atoms with E-state index in [9.17, 15) is 0 Å². The zero-order valence-electron chi connectivity index (χ0n) is 23.5.